The minimum Gasteiger partial charge on any atom is -0.328 e. The fraction of sp³-hybridized carbons (Fsp3) is 0.692. The lowest BCUT2D eigenvalue weighted by atomic mass is 10.1. The molecule has 5 nitrogen and oxygen atoms in total. The first kappa shape index (κ1) is 15.9. The Labute approximate surface area is 125 Å². The molecule has 20 heavy (non-hydrogen) atoms. The first-order valence-corrected chi connectivity index (χ1v) is 9.37. The van der Waals surface area contributed by atoms with Crippen LogP contribution < -0.4 is 14.5 Å². The van der Waals surface area contributed by atoms with Crippen LogP contribution >= 0.6 is 11.3 Å². The molecule has 1 saturated heterocycles. The highest BCUT2D eigenvalue weighted by atomic mass is 32.2. The van der Waals surface area contributed by atoms with Crippen molar-refractivity contribution in [2.24, 2.45) is 0 Å². The largest absolute Gasteiger partial charge is 0.328 e. The molecular formula is C13H25N3O2S2+2. The predicted octanol–water partition coefficient (Wildman–Crippen LogP) is -1.78. The van der Waals surface area contributed by atoms with Crippen LogP contribution in [0.4, 0.5) is 0 Å². The number of thiophene rings is 1. The van der Waals surface area contributed by atoms with Crippen molar-refractivity contribution in [3.05, 3.63) is 17.5 Å². The number of nitrogens with one attached hydrogen (secondary N) is 3. The van der Waals surface area contributed by atoms with Crippen LogP contribution in [0.2, 0.25) is 0 Å². The fourth-order valence-electron chi connectivity index (χ4n) is 2.70. The Hall–Kier alpha value is -0.470. The molecule has 3 N–H and O–H groups in total. The van der Waals surface area contributed by atoms with Crippen LogP contribution in [-0.2, 0) is 10.0 Å². The standard InChI is InChI=1S/C13H23N3O2S2/c1-13(2,11-16-8-6-15(3)7-9-16)14-20(17,18)12-5-4-10-19-12/h4-5,10,14H,6-9,11H2,1-3H3/p+2. The topological polar surface area (TPSA) is 55.1 Å². The molecule has 1 fully saturated rings. The summed E-state index contributed by atoms with van der Waals surface area (Å²) in [5.41, 5.74) is -0.427. The van der Waals surface area contributed by atoms with Gasteiger partial charge in [-0.2, -0.15) is 4.72 Å². The predicted molar refractivity (Wildman–Crippen MR) is 80.9 cm³/mol. The molecule has 0 radical (unpaired) electrons. The van der Waals surface area contributed by atoms with Crippen molar-refractivity contribution >= 4 is 21.4 Å². The van der Waals surface area contributed by atoms with E-state index in [2.05, 4.69) is 11.8 Å². The minimum absolute atomic E-state index is 0.392. The van der Waals surface area contributed by atoms with Crippen molar-refractivity contribution in [3.8, 4) is 0 Å². The van der Waals surface area contributed by atoms with Crippen molar-refractivity contribution in [1.82, 2.24) is 4.72 Å². The second-order valence-corrected chi connectivity index (χ2v) is 9.16. The van der Waals surface area contributed by atoms with E-state index in [1.807, 2.05) is 13.8 Å². The maximum absolute atomic E-state index is 12.3. The fourth-order valence-corrected chi connectivity index (χ4v) is 5.10. The van der Waals surface area contributed by atoms with Gasteiger partial charge >= 0.3 is 0 Å². The normalized spacial score (nSPS) is 24.8. The highest BCUT2D eigenvalue weighted by Gasteiger charge is 2.32. The molecule has 0 aliphatic carbocycles. The average Bonchev–Trinajstić information content (AvgIpc) is 2.84. The maximum Gasteiger partial charge on any atom is 0.250 e. The smallest absolute Gasteiger partial charge is 0.250 e. The van der Waals surface area contributed by atoms with Gasteiger partial charge in [0.1, 0.15) is 30.4 Å². The van der Waals surface area contributed by atoms with Crippen LogP contribution in [0, 0.1) is 0 Å². The van der Waals surface area contributed by atoms with E-state index in [1.54, 1.807) is 22.4 Å². The van der Waals surface area contributed by atoms with Crippen LogP contribution in [0.25, 0.3) is 0 Å². The average molecular weight is 319 g/mol. The van der Waals surface area contributed by atoms with E-state index in [1.165, 1.54) is 16.2 Å². The SMILES string of the molecule is C[NH+]1CC[NH+](CC(C)(C)NS(=O)(=O)c2cccs2)CC1. The molecule has 0 bridgehead atoms. The highest BCUT2D eigenvalue weighted by Crippen LogP contribution is 2.17. The molecule has 2 rings (SSSR count). The van der Waals surface area contributed by atoms with E-state index in [0.717, 1.165) is 32.7 Å². The number of sulfonamides is 1. The van der Waals surface area contributed by atoms with Gasteiger partial charge in [-0.3, -0.25) is 0 Å². The number of rotatable bonds is 5. The Morgan fingerprint density at radius 3 is 2.50 bits per heavy atom. The number of likely N-dealkylation sites (N-methyl/N-ethyl adjacent to an activating group) is 1. The third-order valence-electron chi connectivity index (χ3n) is 3.67. The summed E-state index contributed by atoms with van der Waals surface area (Å²) in [7, 11) is -1.18. The van der Waals surface area contributed by atoms with E-state index >= 15 is 0 Å². The van der Waals surface area contributed by atoms with Crippen LogP contribution in [0.1, 0.15) is 13.8 Å². The molecule has 7 heteroatoms. The lowest BCUT2D eigenvalue weighted by Gasteiger charge is -2.33. The number of quaternary nitrogens is 2. The van der Waals surface area contributed by atoms with Crippen molar-refractivity contribution in [1.29, 1.82) is 0 Å². The summed E-state index contributed by atoms with van der Waals surface area (Å²) in [6.07, 6.45) is 0. The summed E-state index contributed by atoms with van der Waals surface area (Å²) in [5.74, 6) is 0. The van der Waals surface area contributed by atoms with Gasteiger partial charge in [-0.05, 0) is 25.3 Å². The van der Waals surface area contributed by atoms with E-state index in [9.17, 15) is 8.42 Å². The summed E-state index contributed by atoms with van der Waals surface area (Å²) >= 11 is 1.26. The van der Waals surface area contributed by atoms with Crippen LogP contribution in [0.3, 0.4) is 0 Å². The zero-order valence-electron chi connectivity index (χ0n) is 12.4. The lowest BCUT2D eigenvalue weighted by molar-refractivity contribution is -1.00. The van der Waals surface area contributed by atoms with Gasteiger partial charge in [-0.15, -0.1) is 11.3 Å². The number of hydrogen-bond acceptors (Lipinski definition) is 3. The molecule has 0 atom stereocenters. The van der Waals surface area contributed by atoms with Gasteiger partial charge in [0.05, 0.1) is 19.1 Å². The van der Waals surface area contributed by atoms with E-state index < -0.39 is 15.6 Å². The number of piperazine rings is 1. The lowest BCUT2D eigenvalue weighted by Crippen LogP contribution is -3.27. The summed E-state index contributed by atoms with van der Waals surface area (Å²) < 4.78 is 27.8. The highest BCUT2D eigenvalue weighted by molar-refractivity contribution is 7.91. The van der Waals surface area contributed by atoms with Crippen LogP contribution in [-0.4, -0.2) is 53.7 Å². The summed E-state index contributed by atoms with van der Waals surface area (Å²) in [6.45, 7) is 9.29. The van der Waals surface area contributed by atoms with Crippen molar-refractivity contribution in [2.75, 3.05) is 39.8 Å². The molecule has 0 spiro atoms. The zero-order valence-corrected chi connectivity index (χ0v) is 14.0. The second-order valence-electron chi connectivity index (χ2n) is 6.31. The molecular weight excluding hydrogens is 294 g/mol. The first-order chi connectivity index (χ1) is 9.28. The van der Waals surface area contributed by atoms with Crippen molar-refractivity contribution in [2.45, 2.75) is 23.6 Å². The quantitative estimate of drug-likeness (QED) is 0.601. The molecule has 1 aliphatic heterocycles. The third-order valence-corrected chi connectivity index (χ3v) is 6.77. The van der Waals surface area contributed by atoms with Crippen molar-refractivity contribution < 1.29 is 18.2 Å². The van der Waals surface area contributed by atoms with Crippen LogP contribution in [0.5, 0.6) is 0 Å². The van der Waals surface area contributed by atoms with Gasteiger partial charge in [0.15, 0.2) is 0 Å². The Morgan fingerprint density at radius 1 is 1.30 bits per heavy atom. The molecule has 0 aromatic carbocycles. The van der Waals surface area contributed by atoms with Gasteiger partial charge in [0.25, 0.3) is 10.0 Å². The van der Waals surface area contributed by atoms with E-state index in [-0.39, 0.29) is 0 Å². The molecule has 0 amide bonds. The molecule has 1 aromatic heterocycles. The zero-order chi connectivity index (χ0) is 14.8. The molecule has 0 saturated carbocycles. The molecule has 114 valence electrons. The maximum atomic E-state index is 12.3. The molecule has 0 unspecified atom stereocenters. The minimum atomic E-state index is -3.39. The van der Waals surface area contributed by atoms with Gasteiger partial charge in [0.2, 0.25) is 0 Å². The van der Waals surface area contributed by atoms with Crippen molar-refractivity contribution in [3.63, 3.8) is 0 Å². The molecule has 2 heterocycles. The monoisotopic (exact) mass is 319 g/mol. The van der Waals surface area contributed by atoms with E-state index in [0.29, 0.717) is 4.21 Å². The number of hydrogen-bond donors (Lipinski definition) is 3. The summed E-state index contributed by atoms with van der Waals surface area (Å²) in [5, 5.41) is 1.79. The Balaban J connectivity index is 1.97. The Morgan fingerprint density at radius 2 is 1.95 bits per heavy atom. The molecule has 1 aliphatic rings. The summed E-state index contributed by atoms with van der Waals surface area (Å²) in [4.78, 5) is 3.04. The van der Waals surface area contributed by atoms with Gasteiger partial charge in [0, 0.05) is 0 Å². The first-order valence-electron chi connectivity index (χ1n) is 7.01. The summed E-state index contributed by atoms with van der Waals surface area (Å²) in [6, 6.07) is 3.41. The van der Waals surface area contributed by atoms with Gasteiger partial charge in [-0.1, -0.05) is 6.07 Å². The Kier molecular flexibility index (Phi) is 4.86. The molecule has 1 aromatic rings. The van der Waals surface area contributed by atoms with Gasteiger partial charge < -0.3 is 9.80 Å². The second kappa shape index (κ2) is 6.11. The van der Waals surface area contributed by atoms with Crippen LogP contribution in [0.15, 0.2) is 21.7 Å². The van der Waals surface area contributed by atoms with E-state index in [4.69, 9.17) is 0 Å². The van der Waals surface area contributed by atoms with Gasteiger partial charge in [-0.25, -0.2) is 8.42 Å². The Bertz CT molecular complexity index is 518. The third kappa shape index (κ3) is 4.26.